The first-order chi connectivity index (χ1) is 9.43. The van der Waals surface area contributed by atoms with Gasteiger partial charge >= 0.3 is 0 Å². The molecule has 0 radical (unpaired) electrons. The predicted molar refractivity (Wildman–Crippen MR) is 83.9 cm³/mol. The number of hydrogen-bond donors (Lipinski definition) is 2. The van der Waals surface area contributed by atoms with E-state index in [1.807, 2.05) is 12.1 Å². The van der Waals surface area contributed by atoms with E-state index in [1.54, 1.807) is 6.07 Å². The lowest BCUT2D eigenvalue weighted by Crippen LogP contribution is -2.46. The predicted octanol–water partition coefficient (Wildman–Crippen LogP) is 3.43. The second-order valence-corrected chi connectivity index (χ2v) is 6.54. The fourth-order valence-corrected chi connectivity index (χ4v) is 3.70. The van der Waals surface area contributed by atoms with Crippen LogP contribution in [0, 0.1) is 11.8 Å². The molecule has 5 atom stereocenters. The van der Waals surface area contributed by atoms with Gasteiger partial charge in [0, 0.05) is 22.0 Å². The Balaban J connectivity index is 2.16. The van der Waals surface area contributed by atoms with Crippen molar-refractivity contribution in [1.82, 2.24) is 5.43 Å². The third-order valence-corrected chi connectivity index (χ3v) is 5.04. The van der Waals surface area contributed by atoms with Crippen molar-refractivity contribution in [2.75, 3.05) is 0 Å². The van der Waals surface area contributed by atoms with E-state index in [0.29, 0.717) is 21.9 Å². The molecule has 112 valence electrons. The van der Waals surface area contributed by atoms with Crippen molar-refractivity contribution in [3.63, 3.8) is 0 Å². The summed E-state index contributed by atoms with van der Waals surface area (Å²) in [5.74, 6) is 6.59. The van der Waals surface area contributed by atoms with Gasteiger partial charge in [-0.1, -0.05) is 36.2 Å². The molecule has 1 aliphatic heterocycles. The van der Waals surface area contributed by atoms with Crippen molar-refractivity contribution in [1.29, 1.82) is 0 Å². The summed E-state index contributed by atoms with van der Waals surface area (Å²) in [5, 5.41) is 1.33. The molecule has 0 aliphatic carbocycles. The molecule has 0 bridgehead atoms. The molecule has 0 spiro atoms. The van der Waals surface area contributed by atoms with E-state index < -0.39 is 0 Å². The van der Waals surface area contributed by atoms with Gasteiger partial charge in [-0.2, -0.15) is 0 Å². The lowest BCUT2D eigenvalue weighted by atomic mass is 9.81. The number of hydrogen-bond acceptors (Lipinski definition) is 3. The minimum Gasteiger partial charge on any atom is -0.375 e. The molecule has 1 heterocycles. The molecule has 0 saturated carbocycles. The highest BCUT2D eigenvalue weighted by Crippen LogP contribution is 2.36. The summed E-state index contributed by atoms with van der Waals surface area (Å²) in [4.78, 5) is 0. The molecule has 3 nitrogen and oxygen atoms in total. The Bertz CT molecular complexity index is 469. The molecule has 1 fully saturated rings. The van der Waals surface area contributed by atoms with E-state index >= 15 is 0 Å². The number of hydrazine groups is 1. The largest absolute Gasteiger partial charge is 0.375 e. The molecule has 0 amide bonds. The summed E-state index contributed by atoms with van der Waals surface area (Å²) in [5.41, 5.74) is 4.00. The average molecular weight is 317 g/mol. The number of halogens is 2. The third kappa shape index (κ3) is 3.29. The van der Waals surface area contributed by atoms with Crippen LogP contribution in [0.1, 0.15) is 26.3 Å². The standard InChI is InChI=1S/C15H22Cl2N2O/c1-8-9(2)20-10(3)15(8)14(19-18)6-11-4-5-12(16)7-13(11)17/h4-5,7-10,14-15,19H,6,18H2,1-3H3. The number of ether oxygens (including phenoxy) is 1. The van der Waals surface area contributed by atoms with Gasteiger partial charge in [0.25, 0.3) is 0 Å². The highest BCUT2D eigenvalue weighted by atomic mass is 35.5. The smallest absolute Gasteiger partial charge is 0.0597 e. The molecular formula is C15H22Cl2N2O. The summed E-state index contributed by atoms with van der Waals surface area (Å²) < 4.78 is 5.91. The first-order valence-electron chi connectivity index (χ1n) is 6.99. The van der Waals surface area contributed by atoms with Crippen LogP contribution in [-0.2, 0) is 11.2 Å². The lowest BCUT2D eigenvalue weighted by molar-refractivity contribution is 0.0476. The van der Waals surface area contributed by atoms with Crippen molar-refractivity contribution in [3.05, 3.63) is 33.8 Å². The van der Waals surface area contributed by atoms with Crippen molar-refractivity contribution in [2.45, 2.75) is 45.4 Å². The zero-order valence-electron chi connectivity index (χ0n) is 12.1. The second kappa shape index (κ2) is 6.63. The van der Waals surface area contributed by atoms with Crippen molar-refractivity contribution < 1.29 is 4.74 Å². The summed E-state index contributed by atoms with van der Waals surface area (Å²) in [6.07, 6.45) is 1.21. The molecule has 1 aromatic carbocycles. The van der Waals surface area contributed by atoms with Gasteiger partial charge in [-0.25, -0.2) is 0 Å². The summed E-state index contributed by atoms with van der Waals surface area (Å²) in [6, 6.07) is 5.72. The zero-order chi connectivity index (χ0) is 14.9. The highest BCUT2D eigenvalue weighted by Gasteiger charge is 2.41. The molecule has 1 aromatic rings. The van der Waals surface area contributed by atoms with E-state index in [9.17, 15) is 0 Å². The average Bonchev–Trinajstić information content (AvgIpc) is 2.63. The van der Waals surface area contributed by atoms with Crippen LogP contribution in [0.5, 0.6) is 0 Å². The maximum absolute atomic E-state index is 6.25. The quantitative estimate of drug-likeness (QED) is 0.661. The molecule has 3 N–H and O–H groups in total. The minimum atomic E-state index is 0.128. The second-order valence-electron chi connectivity index (χ2n) is 5.70. The Morgan fingerprint density at radius 2 is 1.95 bits per heavy atom. The fourth-order valence-electron chi connectivity index (χ4n) is 3.22. The number of rotatable bonds is 4. The van der Waals surface area contributed by atoms with E-state index in [1.165, 1.54) is 0 Å². The Hall–Kier alpha value is -0.320. The Kier molecular flexibility index (Phi) is 5.32. The van der Waals surface area contributed by atoms with Gasteiger partial charge in [-0.05, 0) is 43.9 Å². The van der Waals surface area contributed by atoms with Crippen LogP contribution in [0.15, 0.2) is 18.2 Å². The van der Waals surface area contributed by atoms with Crippen LogP contribution >= 0.6 is 23.2 Å². The number of benzene rings is 1. The molecule has 20 heavy (non-hydrogen) atoms. The number of nitrogens with two attached hydrogens (primary N) is 1. The summed E-state index contributed by atoms with van der Waals surface area (Å²) in [7, 11) is 0. The monoisotopic (exact) mass is 316 g/mol. The van der Waals surface area contributed by atoms with Crippen LogP contribution < -0.4 is 11.3 Å². The SMILES string of the molecule is CC1OC(C)C(C(Cc2ccc(Cl)cc2Cl)NN)C1C. The van der Waals surface area contributed by atoms with E-state index in [2.05, 4.69) is 26.2 Å². The maximum Gasteiger partial charge on any atom is 0.0597 e. The fraction of sp³-hybridized carbons (Fsp3) is 0.600. The summed E-state index contributed by atoms with van der Waals surface area (Å²) in [6.45, 7) is 6.44. The molecule has 5 heteroatoms. The maximum atomic E-state index is 6.25. The topological polar surface area (TPSA) is 47.3 Å². The van der Waals surface area contributed by atoms with Crippen LogP contribution in [0.2, 0.25) is 10.0 Å². The van der Waals surface area contributed by atoms with Crippen molar-refractivity contribution in [2.24, 2.45) is 17.7 Å². The van der Waals surface area contributed by atoms with Crippen molar-refractivity contribution >= 4 is 23.2 Å². The summed E-state index contributed by atoms with van der Waals surface area (Å²) >= 11 is 12.2. The Morgan fingerprint density at radius 3 is 2.45 bits per heavy atom. The number of nitrogens with one attached hydrogen (secondary N) is 1. The first kappa shape index (κ1) is 16.1. The highest BCUT2D eigenvalue weighted by molar-refractivity contribution is 6.35. The normalized spacial score (nSPS) is 31.5. The van der Waals surface area contributed by atoms with E-state index in [-0.39, 0.29) is 18.2 Å². The van der Waals surface area contributed by atoms with Gasteiger partial charge in [0.05, 0.1) is 12.2 Å². The van der Waals surface area contributed by atoms with Crippen LogP contribution in [0.25, 0.3) is 0 Å². The molecule has 0 aromatic heterocycles. The Labute approximate surface area is 130 Å². The van der Waals surface area contributed by atoms with Gasteiger partial charge in [0.15, 0.2) is 0 Å². The van der Waals surface area contributed by atoms with Crippen LogP contribution in [0.3, 0.4) is 0 Å². The van der Waals surface area contributed by atoms with Crippen LogP contribution in [-0.4, -0.2) is 18.2 Å². The zero-order valence-corrected chi connectivity index (χ0v) is 13.6. The van der Waals surface area contributed by atoms with E-state index in [0.717, 1.165) is 12.0 Å². The van der Waals surface area contributed by atoms with Crippen molar-refractivity contribution in [3.8, 4) is 0 Å². The van der Waals surface area contributed by atoms with Gasteiger partial charge in [-0.15, -0.1) is 0 Å². The van der Waals surface area contributed by atoms with Gasteiger partial charge < -0.3 is 4.74 Å². The van der Waals surface area contributed by atoms with Gasteiger partial charge in [0.2, 0.25) is 0 Å². The third-order valence-electron chi connectivity index (χ3n) is 4.45. The lowest BCUT2D eigenvalue weighted by Gasteiger charge is -2.28. The van der Waals surface area contributed by atoms with Crippen LogP contribution in [0.4, 0.5) is 0 Å². The first-order valence-corrected chi connectivity index (χ1v) is 7.75. The molecule has 1 aliphatic rings. The van der Waals surface area contributed by atoms with Gasteiger partial charge in [-0.3, -0.25) is 11.3 Å². The molecule has 2 rings (SSSR count). The minimum absolute atomic E-state index is 0.128. The Morgan fingerprint density at radius 1 is 1.25 bits per heavy atom. The van der Waals surface area contributed by atoms with Gasteiger partial charge in [0.1, 0.15) is 0 Å². The molecular weight excluding hydrogens is 295 g/mol. The van der Waals surface area contributed by atoms with E-state index in [4.69, 9.17) is 33.8 Å². The molecule has 5 unspecified atom stereocenters. The molecule has 1 saturated heterocycles.